The topological polar surface area (TPSA) is 81.4 Å². The standard InChI is InChI=1S/C11H17ClN2O3S/c1-17-11-4-3-9(7-10(11)12)8-14-5-2-6-18(13,15)16/h3-4,7,14H,2,5-6,8H2,1H3,(H2,13,15,16). The van der Waals surface area contributed by atoms with Gasteiger partial charge in [-0.05, 0) is 30.7 Å². The largest absolute Gasteiger partial charge is 0.495 e. The molecule has 3 N–H and O–H groups in total. The third-order valence-electron chi connectivity index (χ3n) is 2.33. The molecule has 0 saturated carbocycles. The smallest absolute Gasteiger partial charge is 0.209 e. The maximum Gasteiger partial charge on any atom is 0.209 e. The van der Waals surface area contributed by atoms with Crippen LogP contribution >= 0.6 is 11.6 Å². The molecule has 5 nitrogen and oxygen atoms in total. The predicted molar refractivity (Wildman–Crippen MR) is 72.3 cm³/mol. The van der Waals surface area contributed by atoms with Gasteiger partial charge in [-0.3, -0.25) is 0 Å². The van der Waals surface area contributed by atoms with Crippen LogP contribution in [-0.2, 0) is 16.6 Å². The summed E-state index contributed by atoms with van der Waals surface area (Å²) in [5.41, 5.74) is 1.01. The molecule has 1 rings (SSSR count). The number of hydrogen-bond donors (Lipinski definition) is 2. The van der Waals surface area contributed by atoms with Gasteiger partial charge in [0.15, 0.2) is 0 Å². The molecule has 0 amide bonds. The summed E-state index contributed by atoms with van der Waals surface area (Å²) in [6.07, 6.45) is 0.489. The third kappa shape index (κ3) is 5.68. The van der Waals surface area contributed by atoms with Gasteiger partial charge in [-0.1, -0.05) is 17.7 Å². The first-order valence-electron chi connectivity index (χ1n) is 5.46. The summed E-state index contributed by atoms with van der Waals surface area (Å²) in [6.45, 7) is 1.20. The fraction of sp³-hybridized carbons (Fsp3) is 0.455. The van der Waals surface area contributed by atoms with Crippen molar-refractivity contribution >= 4 is 21.6 Å². The molecule has 0 unspecified atom stereocenters. The lowest BCUT2D eigenvalue weighted by Crippen LogP contribution is -2.22. The highest BCUT2D eigenvalue weighted by molar-refractivity contribution is 7.89. The lowest BCUT2D eigenvalue weighted by molar-refractivity contribution is 0.415. The number of halogens is 1. The van der Waals surface area contributed by atoms with Gasteiger partial charge in [0.25, 0.3) is 0 Å². The van der Waals surface area contributed by atoms with Gasteiger partial charge in [-0.15, -0.1) is 0 Å². The normalized spacial score (nSPS) is 11.5. The highest BCUT2D eigenvalue weighted by Crippen LogP contribution is 2.24. The zero-order valence-corrected chi connectivity index (χ0v) is 11.7. The molecule has 0 spiro atoms. The Morgan fingerprint density at radius 2 is 2.17 bits per heavy atom. The molecule has 7 heteroatoms. The van der Waals surface area contributed by atoms with Gasteiger partial charge in [0.2, 0.25) is 10.0 Å². The summed E-state index contributed by atoms with van der Waals surface area (Å²) in [5, 5.41) is 8.57. The molecular formula is C11H17ClN2O3S. The zero-order valence-electron chi connectivity index (χ0n) is 10.1. The monoisotopic (exact) mass is 292 g/mol. The Labute approximate surface area is 112 Å². The van der Waals surface area contributed by atoms with Crippen molar-refractivity contribution in [3.8, 4) is 5.75 Å². The fourth-order valence-corrected chi connectivity index (χ4v) is 2.28. The van der Waals surface area contributed by atoms with E-state index in [1.807, 2.05) is 12.1 Å². The van der Waals surface area contributed by atoms with Gasteiger partial charge in [0, 0.05) is 6.54 Å². The Morgan fingerprint density at radius 1 is 1.44 bits per heavy atom. The molecule has 0 aromatic heterocycles. The quantitative estimate of drug-likeness (QED) is 0.738. The molecule has 0 atom stereocenters. The predicted octanol–water partition coefficient (Wildman–Crippen LogP) is 1.12. The second-order valence-corrected chi connectivity index (χ2v) is 6.01. The maximum absolute atomic E-state index is 10.7. The van der Waals surface area contributed by atoms with Crippen LogP contribution < -0.4 is 15.2 Å². The van der Waals surface area contributed by atoms with Gasteiger partial charge in [-0.2, -0.15) is 0 Å². The summed E-state index contributed by atoms with van der Waals surface area (Å²) in [7, 11) is -1.80. The minimum Gasteiger partial charge on any atom is -0.495 e. The van der Waals surface area contributed by atoms with Gasteiger partial charge in [0.05, 0.1) is 17.9 Å². The number of benzene rings is 1. The summed E-state index contributed by atoms with van der Waals surface area (Å²) >= 11 is 5.98. The van der Waals surface area contributed by atoms with Crippen molar-refractivity contribution in [2.24, 2.45) is 5.14 Å². The number of nitrogens with two attached hydrogens (primary N) is 1. The average Bonchev–Trinajstić information content (AvgIpc) is 2.27. The second-order valence-electron chi connectivity index (χ2n) is 3.87. The van der Waals surface area contributed by atoms with Crippen molar-refractivity contribution in [3.05, 3.63) is 28.8 Å². The van der Waals surface area contributed by atoms with Crippen LogP contribution in [0.1, 0.15) is 12.0 Å². The van der Waals surface area contributed by atoms with Crippen LogP contribution in [0.15, 0.2) is 18.2 Å². The number of primary sulfonamides is 1. The van der Waals surface area contributed by atoms with Gasteiger partial charge in [0.1, 0.15) is 5.75 Å². The number of hydrogen-bond acceptors (Lipinski definition) is 4. The third-order valence-corrected chi connectivity index (χ3v) is 3.48. The number of ether oxygens (including phenoxy) is 1. The number of nitrogens with one attached hydrogen (secondary N) is 1. The summed E-state index contributed by atoms with van der Waals surface area (Å²) < 4.78 is 26.4. The van der Waals surface area contributed by atoms with Crippen LogP contribution in [0.25, 0.3) is 0 Å². The molecule has 0 fully saturated rings. The highest BCUT2D eigenvalue weighted by atomic mass is 35.5. The van der Waals surface area contributed by atoms with E-state index >= 15 is 0 Å². The van der Waals surface area contributed by atoms with Crippen LogP contribution in [-0.4, -0.2) is 27.8 Å². The minimum atomic E-state index is -3.36. The van der Waals surface area contributed by atoms with E-state index in [1.165, 1.54) is 0 Å². The first kappa shape index (κ1) is 15.2. The van der Waals surface area contributed by atoms with Crippen LogP contribution in [0.2, 0.25) is 5.02 Å². The molecule has 1 aromatic carbocycles. The number of methoxy groups -OCH3 is 1. The molecule has 0 radical (unpaired) electrons. The SMILES string of the molecule is COc1ccc(CNCCCS(N)(=O)=O)cc1Cl. The van der Waals surface area contributed by atoms with E-state index in [2.05, 4.69) is 5.32 Å². The molecule has 0 aliphatic heterocycles. The lowest BCUT2D eigenvalue weighted by Gasteiger charge is -2.07. The van der Waals surface area contributed by atoms with Gasteiger partial charge in [-0.25, -0.2) is 13.6 Å². The number of rotatable bonds is 7. The Kier molecular flexibility index (Phi) is 5.87. The Bertz CT molecular complexity index is 491. The van der Waals surface area contributed by atoms with Gasteiger partial charge >= 0.3 is 0 Å². The van der Waals surface area contributed by atoms with E-state index in [0.29, 0.717) is 30.3 Å². The van der Waals surface area contributed by atoms with E-state index in [9.17, 15) is 8.42 Å². The zero-order chi connectivity index (χ0) is 13.6. The molecule has 0 heterocycles. The van der Waals surface area contributed by atoms with E-state index in [1.54, 1.807) is 13.2 Å². The average molecular weight is 293 g/mol. The summed E-state index contributed by atoms with van der Waals surface area (Å²) in [6, 6.07) is 5.51. The maximum atomic E-state index is 10.7. The van der Waals surface area contributed by atoms with Crippen molar-refractivity contribution < 1.29 is 13.2 Å². The van der Waals surface area contributed by atoms with Crippen molar-refractivity contribution in [1.82, 2.24) is 5.32 Å². The van der Waals surface area contributed by atoms with Crippen molar-refractivity contribution in [2.45, 2.75) is 13.0 Å². The minimum absolute atomic E-state index is 0.0105. The van der Waals surface area contributed by atoms with Crippen LogP contribution in [0.4, 0.5) is 0 Å². The second kappa shape index (κ2) is 6.94. The molecule has 1 aromatic rings. The molecular weight excluding hydrogens is 276 g/mol. The molecule has 0 bridgehead atoms. The first-order valence-corrected chi connectivity index (χ1v) is 7.55. The van der Waals surface area contributed by atoms with E-state index in [-0.39, 0.29) is 5.75 Å². The highest BCUT2D eigenvalue weighted by Gasteiger charge is 2.03. The van der Waals surface area contributed by atoms with Crippen LogP contribution in [0, 0.1) is 0 Å². The van der Waals surface area contributed by atoms with Crippen molar-refractivity contribution in [3.63, 3.8) is 0 Å². The molecule has 0 saturated heterocycles. The Balaban J connectivity index is 2.34. The van der Waals surface area contributed by atoms with E-state index in [0.717, 1.165) is 5.56 Å². The van der Waals surface area contributed by atoms with Crippen LogP contribution in [0.5, 0.6) is 5.75 Å². The summed E-state index contributed by atoms with van der Waals surface area (Å²) in [5.74, 6) is 0.623. The lowest BCUT2D eigenvalue weighted by atomic mass is 10.2. The van der Waals surface area contributed by atoms with E-state index < -0.39 is 10.0 Å². The van der Waals surface area contributed by atoms with Crippen molar-refractivity contribution in [2.75, 3.05) is 19.4 Å². The number of sulfonamides is 1. The van der Waals surface area contributed by atoms with Crippen LogP contribution in [0.3, 0.4) is 0 Å². The Morgan fingerprint density at radius 3 is 2.72 bits per heavy atom. The molecule has 18 heavy (non-hydrogen) atoms. The molecule has 0 aliphatic rings. The molecule has 102 valence electrons. The van der Waals surface area contributed by atoms with E-state index in [4.69, 9.17) is 21.5 Å². The Hall–Kier alpha value is -0.820. The first-order chi connectivity index (χ1) is 8.42. The fourth-order valence-electron chi connectivity index (χ4n) is 1.45. The molecule has 0 aliphatic carbocycles. The van der Waals surface area contributed by atoms with Gasteiger partial charge < -0.3 is 10.1 Å². The summed E-state index contributed by atoms with van der Waals surface area (Å²) in [4.78, 5) is 0. The van der Waals surface area contributed by atoms with Crippen molar-refractivity contribution in [1.29, 1.82) is 0 Å².